The molecule has 1 saturated carbocycles. The van der Waals surface area contributed by atoms with E-state index in [0.717, 1.165) is 38.0 Å². The SMILES string of the molecule is CC1CN(Cc2ccc(CNC3CC3)cn2)C(C)CO1. The Morgan fingerprint density at radius 1 is 1.35 bits per heavy atom. The van der Waals surface area contributed by atoms with Gasteiger partial charge in [-0.2, -0.15) is 0 Å². The molecular formula is C16H25N3O. The second kappa shape index (κ2) is 6.20. The van der Waals surface area contributed by atoms with Gasteiger partial charge in [-0.15, -0.1) is 0 Å². The Morgan fingerprint density at radius 3 is 2.90 bits per heavy atom. The highest BCUT2D eigenvalue weighted by Gasteiger charge is 2.23. The number of ether oxygens (including phenoxy) is 1. The van der Waals surface area contributed by atoms with E-state index in [1.165, 1.54) is 18.4 Å². The minimum atomic E-state index is 0.327. The Bertz CT molecular complexity index is 430. The zero-order valence-corrected chi connectivity index (χ0v) is 12.5. The van der Waals surface area contributed by atoms with Crippen molar-refractivity contribution in [3.8, 4) is 0 Å². The van der Waals surface area contributed by atoms with E-state index in [-0.39, 0.29) is 0 Å². The summed E-state index contributed by atoms with van der Waals surface area (Å²) in [7, 11) is 0. The summed E-state index contributed by atoms with van der Waals surface area (Å²) in [5.41, 5.74) is 2.44. The van der Waals surface area contributed by atoms with Crippen LogP contribution in [-0.2, 0) is 17.8 Å². The maximum atomic E-state index is 5.67. The zero-order chi connectivity index (χ0) is 13.9. The van der Waals surface area contributed by atoms with Crippen molar-refractivity contribution >= 4 is 0 Å². The van der Waals surface area contributed by atoms with Gasteiger partial charge >= 0.3 is 0 Å². The first-order chi connectivity index (χ1) is 9.70. The third kappa shape index (κ3) is 3.78. The molecule has 3 rings (SSSR count). The number of nitrogens with one attached hydrogen (secondary N) is 1. The standard InChI is InChI=1S/C16H25N3O/c1-12-11-20-13(2)9-19(12)10-16-4-3-14(8-18-16)7-17-15-5-6-15/h3-4,8,12-13,15,17H,5-7,9-11H2,1-2H3. The number of aromatic nitrogens is 1. The molecule has 20 heavy (non-hydrogen) atoms. The summed E-state index contributed by atoms with van der Waals surface area (Å²) in [4.78, 5) is 7.07. The summed E-state index contributed by atoms with van der Waals surface area (Å²) in [6.07, 6.45) is 5.00. The molecule has 0 aromatic carbocycles. The van der Waals surface area contributed by atoms with Gasteiger partial charge in [0.05, 0.1) is 18.4 Å². The van der Waals surface area contributed by atoms with Gasteiger partial charge in [-0.1, -0.05) is 6.07 Å². The molecule has 1 aromatic heterocycles. The molecule has 1 aliphatic heterocycles. The monoisotopic (exact) mass is 275 g/mol. The number of rotatable bonds is 5. The fraction of sp³-hybridized carbons (Fsp3) is 0.688. The highest BCUT2D eigenvalue weighted by molar-refractivity contribution is 5.14. The van der Waals surface area contributed by atoms with Crippen molar-refractivity contribution in [3.63, 3.8) is 0 Å². The quantitative estimate of drug-likeness (QED) is 0.891. The molecule has 2 unspecified atom stereocenters. The second-order valence-electron chi connectivity index (χ2n) is 6.24. The Kier molecular flexibility index (Phi) is 4.34. The highest BCUT2D eigenvalue weighted by Crippen LogP contribution is 2.19. The van der Waals surface area contributed by atoms with Crippen LogP contribution in [0.15, 0.2) is 18.3 Å². The molecule has 0 radical (unpaired) electrons. The molecule has 1 aromatic rings. The van der Waals surface area contributed by atoms with Gasteiger partial charge in [0.25, 0.3) is 0 Å². The van der Waals surface area contributed by atoms with E-state index < -0.39 is 0 Å². The van der Waals surface area contributed by atoms with Crippen LogP contribution in [0.2, 0.25) is 0 Å². The minimum absolute atomic E-state index is 0.327. The van der Waals surface area contributed by atoms with Gasteiger partial charge in [0.2, 0.25) is 0 Å². The lowest BCUT2D eigenvalue weighted by molar-refractivity contribution is -0.0530. The molecule has 1 N–H and O–H groups in total. The third-order valence-electron chi connectivity index (χ3n) is 4.16. The normalized spacial score (nSPS) is 27.7. The molecule has 1 aliphatic carbocycles. The van der Waals surface area contributed by atoms with Crippen molar-refractivity contribution in [1.82, 2.24) is 15.2 Å². The maximum Gasteiger partial charge on any atom is 0.0674 e. The fourth-order valence-electron chi connectivity index (χ4n) is 2.60. The number of hydrogen-bond acceptors (Lipinski definition) is 4. The zero-order valence-electron chi connectivity index (χ0n) is 12.5. The largest absolute Gasteiger partial charge is 0.376 e. The van der Waals surface area contributed by atoms with Crippen LogP contribution in [0, 0.1) is 0 Å². The number of morpholine rings is 1. The molecule has 4 nitrogen and oxygen atoms in total. The first kappa shape index (κ1) is 14.0. The Labute approximate surface area is 121 Å². The predicted molar refractivity (Wildman–Crippen MR) is 79.4 cm³/mol. The van der Waals surface area contributed by atoms with Crippen LogP contribution >= 0.6 is 0 Å². The second-order valence-corrected chi connectivity index (χ2v) is 6.24. The lowest BCUT2D eigenvalue weighted by Crippen LogP contribution is -2.46. The van der Waals surface area contributed by atoms with E-state index in [1.54, 1.807) is 0 Å². The van der Waals surface area contributed by atoms with E-state index >= 15 is 0 Å². The first-order valence-corrected chi connectivity index (χ1v) is 7.73. The smallest absolute Gasteiger partial charge is 0.0674 e. The van der Waals surface area contributed by atoms with Crippen LogP contribution in [0.25, 0.3) is 0 Å². The average molecular weight is 275 g/mol. The van der Waals surface area contributed by atoms with Crippen molar-refractivity contribution < 1.29 is 4.74 Å². The van der Waals surface area contributed by atoms with Crippen LogP contribution in [0.1, 0.15) is 37.9 Å². The molecule has 0 amide bonds. The molecule has 2 heterocycles. The van der Waals surface area contributed by atoms with Crippen molar-refractivity contribution in [1.29, 1.82) is 0 Å². The van der Waals surface area contributed by atoms with Crippen molar-refractivity contribution in [3.05, 3.63) is 29.6 Å². The molecule has 4 heteroatoms. The highest BCUT2D eigenvalue weighted by atomic mass is 16.5. The van der Waals surface area contributed by atoms with Crippen LogP contribution in [0.3, 0.4) is 0 Å². The van der Waals surface area contributed by atoms with Gasteiger partial charge in [-0.3, -0.25) is 9.88 Å². The summed E-state index contributed by atoms with van der Waals surface area (Å²) < 4.78 is 5.67. The molecule has 1 saturated heterocycles. The molecule has 0 spiro atoms. The molecular weight excluding hydrogens is 250 g/mol. The summed E-state index contributed by atoms with van der Waals surface area (Å²) in [5, 5.41) is 3.52. The molecule has 2 aliphatic rings. The fourth-order valence-corrected chi connectivity index (χ4v) is 2.60. The van der Waals surface area contributed by atoms with E-state index in [9.17, 15) is 0 Å². The molecule has 2 atom stereocenters. The Balaban J connectivity index is 1.53. The Hall–Kier alpha value is -0.970. The van der Waals surface area contributed by atoms with E-state index in [2.05, 4.69) is 41.2 Å². The predicted octanol–water partition coefficient (Wildman–Crippen LogP) is 1.94. The lowest BCUT2D eigenvalue weighted by Gasteiger charge is -2.36. The topological polar surface area (TPSA) is 37.4 Å². The lowest BCUT2D eigenvalue weighted by atomic mass is 10.2. The summed E-state index contributed by atoms with van der Waals surface area (Å²) in [6, 6.07) is 5.60. The minimum Gasteiger partial charge on any atom is -0.376 e. The molecule has 2 fully saturated rings. The van der Waals surface area contributed by atoms with Gasteiger partial charge in [0, 0.05) is 37.9 Å². The van der Waals surface area contributed by atoms with Gasteiger partial charge in [0.15, 0.2) is 0 Å². The number of hydrogen-bond donors (Lipinski definition) is 1. The average Bonchev–Trinajstić information content (AvgIpc) is 3.26. The third-order valence-corrected chi connectivity index (χ3v) is 4.16. The van der Waals surface area contributed by atoms with Crippen LogP contribution in [-0.4, -0.2) is 41.2 Å². The van der Waals surface area contributed by atoms with E-state index in [0.29, 0.717) is 12.1 Å². The van der Waals surface area contributed by atoms with Crippen LogP contribution < -0.4 is 5.32 Å². The van der Waals surface area contributed by atoms with E-state index in [4.69, 9.17) is 4.74 Å². The van der Waals surface area contributed by atoms with Gasteiger partial charge in [-0.05, 0) is 38.3 Å². The number of nitrogens with zero attached hydrogens (tertiary/aromatic N) is 2. The summed E-state index contributed by atoms with van der Waals surface area (Å²) in [5.74, 6) is 0. The first-order valence-electron chi connectivity index (χ1n) is 7.73. The van der Waals surface area contributed by atoms with Crippen molar-refractivity contribution in [2.45, 2.75) is 58.0 Å². The van der Waals surface area contributed by atoms with E-state index in [1.807, 2.05) is 6.20 Å². The van der Waals surface area contributed by atoms with Crippen LogP contribution in [0.5, 0.6) is 0 Å². The van der Waals surface area contributed by atoms with Crippen LogP contribution in [0.4, 0.5) is 0 Å². The van der Waals surface area contributed by atoms with Gasteiger partial charge in [0.1, 0.15) is 0 Å². The number of pyridine rings is 1. The molecule has 0 bridgehead atoms. The summed E-state index contributed by atoms with van der Waals surface area (Å²) >= 11 is 0. The van der Waals surface area contributed by atoms with Crippen molar-refractivity contribution in [2.24, 2.45) is 0 Å². The molecule has 110 valence electrons. The Morgan fingerprint density at radius 2 is 2.20 bits per heavy atom. The van der Waals surface area contributed by atoms with Gasteiger partial charge < -0.3 is 10.1 Å². The van der Waals surface area contributed by atoms with Gasteiger partial charge in [-0.25, -0.2) is 0 Å². The maximum absolute atomic E-state index is 5.67. The summed E-state index contributed by atoms with van der Waals surface area (Å²) in [6.45, 7) is 8.05. The van der Waals surface area contributed by atoms with Crippen molar-refractivity contribution in [2.75, 3.05) is 13.2 Å².